The van der Waals surface area contributed by atoms with Crippen LogP contribution in [-0.2, 0) is 10.3 Å². The molecule has 2 fully saturated rings. The fourth-order valence-corrected chi connectivity index (χ4v) is 3.61. The molecule has 0 aromatic carbocycles. The number of nitrogens with zero attached hydrogens (tertiary/aromatic N) is 2. The van der Waals surface area contributed by atoms with Crippen molar-refractivity contribution in [3.8, 4) is 0 Å². The highest BCUT2D eigenvalue weighted by Gasteiger charge is 2.41. The van der Waals surface area contributed by atoms with Gasteiger partial charge in [-0.1, -0.05) is 5.16 Å². The van der Waals surface area contributed by atoms with Crippen molar-refractivity contribution in [3.63, 3.8) is 0 Å². The van der Waals surface area contributed by atoms with E-state index in [4.69, 9.17) is 15.0 Å². The van der Waals surface area contributed by atoms with Gasteiger partial charge in [-0.05, 0) is 58.3 Å². The summed E-state index contributed by atoms with van der Waals surface area (Å²) in [7, 11) is 0. The zero-order valence-corrected chi connectivity index (χ0v) is 12.3. The zero-order valence-electron chi connectivity index (χ0n) is 12.3. The van der Waals surface area contributed by atoms with Crippen molar-refractivity contribution in [1.82, 2.24) is 10.1 Å². The van der Waals surface area contributed by atoms with Crippen LogP contribution in [0.5, 0.6) is 0 Å². The topological polar surface area (TPSA) is 74.2 Å². The summed E-state index contributed by atoms with van der Waals surface area (Å²) in [6.45, 7) is 2.73. The lowest BCUT2D eigenvalue weighted by atomic mass is 9.86. The predicted molar refractivity (Wildman–Crippen MR) is 75.3 cm³/mol. The third-order valence-corrected chi connectivity index (χ3v) is 4.80. The van der Waals surface area contributed by atoms with E-state index in [0.717, 1.165) is 50.2 Å². The van der Waals surface area contributed by atoms with Gasteiger partial charge in [0.1, 0.15) is 5.60 Å². The van der Waals surface area contributed by atoms with Gasteiger partial charge in [0, 0.05) is 18.6 Å². The van der Waals surface area contributed by atoms with Crippen molar-refractivity contribution in [1.29, 1.82) is 0 Å². The number of aromatic nitrogens is 2. The molecule has 1 aromatic heterocycles. The highest BCUT2D eigenvalue weighted by Crippen LogP contribution is 2.41. The maximum atomic E-state index is 5.99. The summed E-state index contributed by atoms with van der Waals surface area (Å²) in [5.74, 6) is 1.94. The van der Waals surface area contributed by atoms with Crippen LogP contribution >= 0.6 is 0 Å². The molecule has 0 unspecified atom stereocenters. The molecule has 0 saturated heterocycles. The fourth-order valence-electron chi connectivity index (χ4n) is 3.61. The lowest BCUT2D eigenvalue weighted by Crippen LogP contribution is -2.28. The Labute approximate surface area is 120 Å². The zero-order chi connectivity index (χ0) is 14.0. The van der Waals surface area contributed by atoms with Crippen LogP contribution < -0.4 is 5.73 Å². The van der Waals surface area contributed by atoms with E-state index in [1.165, 1.54) is 12.8 Å². The number of rotatable bonds is 4. The van der Waals surface area contributed by atoms with Crippen molar-refractivity contribution >= 4 is 0 Å². The summed E-state index contributed by atoms with van der Waals surface area (Å²) in [6, 6.07) is 0.346. The summed E-state index contributed by atoms with van der Waals surface area (Å²) in [5, 5.41) is 4.24. The van der Waals surface area contributed by atoms with Gasteiger partial charge in [-0.25, -0.2) is 0 Å². The minimum atomic E-state index is -0.290. The van der Waals surface area contributed by atoms with Crippen molar-refractivity contribution in [2.24, 2.45) is 5.73 Å². The lowest BCUT2D eigenvalue weighted by Gasteiger charge is -2.25. The van der Waals surface area contributed by atoms with E-state index >= 15 is 0 Å². The molecular weight excluding hydrogens is 254 g/mol. The average Bonchev–Trinajstić information content (AvgIpc) is 3.09. The maximum absolute atomic E-state index is 5.99. The minimum Gasteiger partial charge on any atom is -0.367 e. The SMILES string of the molecule is CCOC1(c2noc(C3CCC(N)CC3)n2)CCCC1. The number of hydrogen-bond donors (Lipinski definition) is 1. The molecule has 20 heavy (non-hydrogen) atoms. The van der Waals surface area contributed by atoms with Gasteiger partial charge >= 0.3 is 0 Å². The van der Waals surface area contributed by atoms with Gasteiger partial charge in [-0.15, -0.1) is 0 Å². The van der Waals surface area contributed by atoms with E-state index in [9.17, 15) is 0 Å². The van der Waals surface area contributed by atoms with Crippen LogP contribution in [0.2, 0.25) is 0 Å². The molecule has 2 saturated carbocycles. The predicted octanol–water partition coefficient (Wildman–Crippen LogP) is 2.86. The van der Waals surface area contributed by atoms with Crippen LogP contribution in [0, 0.1) is 0 Å². The van der Waals surface area contributed by atoms with Crippen molar-refractivity contribution in [3.05, 3.63) is 11.7 Å². The van der Waals surface area contributed by atoms with E-state index in [1.54, 1.807) is 0 Å². The lowest BCUT2D eigenvalue weighted by molar-refractivity contribution is -0.0469. The van der Waals surface area contributed by atoms with Crippen LogP contribution in [0.4, 0.5) is 0 Å². The van der Waals surface area contributed by atoms with Crippen LogP contribution in [0.25, 0.3) is 0 Å². The molecule has 0 radical (unpaired) electrons. The molecule has 5 nitrogen and oxygen atoms in total. The quantitative estimate of drug-likeness (QED) is 0.917. The van der Waals surface area contributed by atoms with Crippen LogP contribution in [0.1, 0.15) is 75.9 Å². The molecule has 2 aliphatic rings. The monoisotopic (exact) mass is 279 g/mol. The maximum Gasteiger partial charge on any atom is 0.229 e. The first-order valence-electron chi connectivity index (χ1n) is 7.97. The minimum absolute atomic E-state index is 0.290. The molecule has 0 aliphatic heterocycles. The number of hydrogen-bond acceptors (Lipinski definition) is 5. The summed E-state index contributed by atoms with van der Waals surface area (Å²) >= 11 is 0. The summed E-state index contributed by atoms with van der Waals surface area (Å²) in [4.78, 5) is 4.69. The highest BCUT2D eigenvalue weighted by molar-refractivity contribution is 5.07. The third kappa shape index (κ3) is 2.61. The van der Waals surface area contributed by atoms with Gasteiger partial charge in [0.15, 0.2) is 0 Å². The van der Waals surface area contributed by atoms with Gasteiger partial charge in [0.05, 0.1) is 0 Å². The second-order valence-electron chi connectivity index (χ2n) is 6.20. The Bertz CT molecular complexity index is 432. The highest BCUT2D eigenvalue weighted by atomic mass is 16.5. The summed E-state index contributed by atoms with van der Waals surface area (Å²) < 4.78 is 11.5. The summed E-state index contributed by atoms with van der Waals surface area (Å²) in [6.07, 6.45) is 8.61. The molecule has 1 heterocycles. The van der Waals surface area contributed by atoms with Gasteiger partial charge in [0.25, 0.3) is 0 Å². The van der Waals surface area contributed by atoms with Crippen LogP contribution in [-0.4, -0.2) is 22.8 Å². The molecule has 0 atom stereocenters. The smallest absolute Gasteiger partial charge is 0.229 e. The number of ether oxygens (including phenoxy) is 1. The standard InChI is InChI=1S/C15H25N3O2/c1-2-19-15(9-3-4-10-15)14-17-13(20-18-14)11-5-7-12(16)8-6-11/h11-12H,2-10,16H2,1H3. The van der Waals surface area contributed by atoms with Crippen molar-refractivity contribution in [2.45, 2.75) is 75.9 Å². The first-order chi connectivity index (χ1) is 9.73. The molecule has 2 N–H and O–H groups in total. The van der Waals surface area contributed by atoms with Gasteiger partial charge < -0.3 is 15.0 Å². The van der Waals surface area contributed by atoms with E-state index in [0.29, 0.717) is 18.6 Å². The van der Waals surface area contributed by atoms with Crippen LogP contribution in [0.3, 0.4) is 0 Å². The normalized spacial score (nSPS) is 29.7. The number of nitrogens with two attached hydrogens (primary N) is 1. The molecular formula is C15H25N3O2. The molecule has 112 valence electrons. The van der Waals surface area contributed by atoms with Crippen molar-refractivity contribution in [2.75, 3.05) is 6.61 Å². The first-order valence-corrected chi connectivity index (χ1v) is 7.97. The molecule has 0 spiro atoms. The Morgan fingerprint density at radius 1 is 1.25 bits per heavy atom. The average molecular weight is 279 g/mol. The molecule has 1 aromatic rings. The Morgan fingerprint density at radius 3 is 2.60 bits per heavy atom. The molecule has 5 heteroatoms. The Balaban J connectivity index is 1.75. The van der Waals surface area contributed by atoms with Gasteiger partial charge in [-0.2, -0.15) is 4.98 Å². The molecule has 0 amide bonds. The van der Waals surface area contributed by atoms with E-state index in [2.05, 4.69) is 10.1 Å². The Kier molecular flexibility index (Phi) is 4.08. The second kappa shape index (κ2) is 5.82. The molecule has 0 bridgehead atoms. The largest absolute Gasteiger partial charge is 0.367 e. The Hall–Kier alpha value is -0.940. The second-order valence-corrected chi connectivity index (χ2v) is 6.20. The molecule has 3 rings (SSSR count). The first kappa shape index (κ1) is 14.0. The van der Waals surface area contributed by atoms with Crippen molar-refractivity contribution < 1.29 is 9.26 Å². The van der Waals surface area contributed by atoms with Gasteiger partial charge in [0.2, 0.25) is 11.7 Å². The van der Waals surface area contributed by atoms with E-state index in [1.807, 2.05) is 6.92 Å². The summed E-state index contributed by atoms with van der Waals surface area (Å²) in [5.41, 5.74) is 5.66. The van der Waals surface area contributed by atoms with E-state index < -0.39 is 0 Å². The third-order valence-electron chi connectivity index (χ3n) is 4.80. The fraction of sp³-hybridized carbons (Fsp3) is 0.867. The van der Waals surface area contributed by atoms with Crippen LogP contribution in [0.15, 0.2) is 4.52 Å². The Morgan fingerprint density at radius 2 is 1.95 bits per heavy atom. The molecule has 2 aliphatic carbocycles. The van der Waals surface area contributed by atoms with E-state index in [-0.39, 0.29) is 5.60 Å². The van der Waals surface area contributed by atoms with Gasteiger partial charge in [-0.3, -0.25) is 0 Å².